The maximum absolute atomic E-state index is 13.1. The molecular formula is C22H30N4O4. The quantitative estimate of drug-likeness (QED) is 0.716. The van der Waals surface area contributed by atoms with Crippen LogP contribution in [-0.4, -0.2) is 81.0 Å². The minimum Gasteiger partial charge on any atom is -0.483 e. The van der Waals surface area contributed by atoms with Crippen molar-refractivity contribution < 1.29 is 19.8 Å². The Bertz CT molecular complexity index is 873. The number of carbonyl (C=O) groups excluding carboxylic acids is 1. The highest BCUT2D eigenvalue weighted by Crippen LogP contribution is 2.30. The van der Waals surface area contributed by atoms with Crippen molar-refractivity contribution in [1.29, 1.82) is 0 Å². The summed E-state index contributed by atoms with van der Waals surface area (Å²) in [5.41, 5.74) is 3.35. The average Bonchev–Trinajstić information content (AvgIpc) is 2.92. The Balaban J connectivity index is 0.000000806. The van der Waals surface area contributed by atoms with Crippen LogP contribution in [0.2, 0.25) is 0 Å². The molecule has 0 bridgehead atoms. The molecule has 1 saturated heterocycles. The molecule has 1 fully saturated rings. The molecule has 0 spiro atoms. The Labute approximate surface area is 176 Å². The Kier molecular flexibility index (Phi) is 6.89. The summed E-state index contributed by atoms with van der Waals surface area (Å²) < 4.78 is 1.95. The topological polar surface area (TPSA) is 98.9 Å². The molecule has 2 aliphatic heterocycles. The molecule has 0 radical (unpaired) electrons. The third-order valence-electron chi connectivity index (χ3n) is 6.07. The molecule has 8 nitrogen and oxygen atoms in total. The van der Waals surface area contributed by atoms with Crippen LogP contribution < -0.4 is 0 Å². The van der Waals surface area contributed by atoms with E-state index in [0.29, 0.717) is 25.9 Å². The van der Waals surface area contributed by atoms with Crippen LogP contribution in [0.25, 0.3) is 11.3 Å². The van der Waals surface area contributed by atoms with Gasteiger partial charge in [0.05, 0.1) is 5.69 Å². The van der Waals surface area contributed by atoms with Gasteiger partial charge in [0, 0.05) is 56.5 Å². The highest BCUT2D eigenvalue weighted by atomic mass is 16.3. The van der Waals surface area contributed by atoms with Crippen LogP contribution in [0.1, 0.15) is 24.1 Å². The summed E-state index contributed by atoms with van der Waals surface area (Å²) >= 11 is 0. The highest BCUT2D eigenvalue weighted by molar-refractivity contribution is 5.85. The first-order valence-electron chi connectivity index (χ1n) is 10.3. The van der Waals surface area contributed by atoms with Crippen LogP contribution in [0, 0.1) is 0 Å². The first-order valence-corrected chi connectivity index (χ1v) is 10.3. The predicted octanol–water partition coefficient (Wildman–Crippen LogP) is 1.17. The molecule has 0 saturated carbocycles. The molecule has 0 atom stereocenters. The van der Waals surface area contributed by atoms with Crippen LogP contribution in [-0.2, 0) is 29.5 Å². The van der Waals surface area contributed by atoms with Gasteiger partial charge in [-0.05, 0) is 26.3 Å². The van der Waals surface area contributed by atoms with Crippen LogP contribution >= 0.6 is 0 Å². The van der Waals surface area contributed by atoms with Crippen molar-refractivity contribution in [3.05, 3.63) is 41.6 Å². The van der Waals surface area contributed by atoms with E-state index in [2.05, 4.69) is 17.0 Å². The summed E-state index contributed by atoms with van der Waals surface area (Å²) in [5.74, 6) is -0.0994. The minimum absolute atomic E-state index is 0.0994. The van der Waals surface area contributed by atoms with Crippen molar-refractivity contribution in [3.63, 3.8) is 0 Å². The van der Waals surface area contributed by atoms with Gasteiger partial charge in [0.25, 0.3) is 12.4 Å². The van der Waals surface area contributed by atoms with Crippen LogP contribution in [0.5, 0.6) is 0 Å². The Morgan fingerprint density at radius 2 is 1.67 bits per heavy atom. The second kappa shape index (κ2) is 9.40. The third kappa shape index (κ3) is 4.55. The molecule has 0 aliphatic carbocycles. The first-order chi connectivity index (χ1) is 14.4. The maximum Gasteiger partial charge on any atom is 0.290 e. The van der Waals surface area contributed by atoms with E-state index in [4.69, 9.17) is 15.0 Å². The summed E-state index contributed by atoms with van der Waals surface area (Å²) in [6.45, 7) is 2.55. The number of aryl methyl sites for hydroxylation is 1. The lowest BCUT2D eigenvalue weighted by Gasteiger charge is -2.38. The standard InChI is InChI=1S/C21H28N4O2.CH2O2/c1-23-14-10-21(27,11-15-23)20(26)25-12-8-17-18(9-13-25)24(2)22-19(17)16-6-4-3-5-7-16;2-1-3/h3-7,27H,8-15H2,1-2H3;1H,(H,2,3). The summed E-state index contributed by atoms with van der Waals surface area (Å²) in [7, 11) is 4.01. The van der Waals surface area contributed by atoms with Gasteiger partial charge in [0.15, 0.2) is 0 Å². The summed E-state index contributed by atoms with van der Waals surface area (Å²) in [5, 5.41) is 22.6. The number of rotatable bonds is 2. The first kappa shape index (κ1) is 22.0. The van der Waals surface area contributed by atoms with Crippen molar-refractivity contribution in [2.75, 3.05) is 33.2 Å². The number of hydrogen-bond donors (Lipinski definition) is 2. The molecule has 0 unspecified atom stereocenters. The van der Waals surface area contributed by atoms with E-state index in [1.54, 1.807) is 0 Å². The van der Waals surface area contributed by atoms with E-state index < -0.39 is 5.60 Å². The fourth-order valence-electron chi connectivity index (χ4n) is 4.31. The van der Waals surface area contributed by atoms with E-state index in [-0.39, 0.29) is 12.4 Å². The number of benzene rings is 1. The van der Waals surface area contributed by atoms with Gasteiger partial charge in [-0.1, -0.05) is 30.3 Å². The van der Waals surface area contributed by atoms with Crippen molar-refractivity contribution in [1.82, 2.24) is 19.6 Å². The minimum atomic E-state index is -1.20. The molecule has 3 heterocycles. The number of carbonyl (C=O) groups is 2. The van der Waals surface area contributed by atoms with Crippen molar-refractivity contribution in [2.24, 2.45) is 7.05 Å². The lowest BCUT2D eigenvalue weighted by molar-refractivity contribution is -0.156. The van der Waals surface area contributed by atoms with E-state index in [1.807, 2.05) is 41.9 Å². The normalized spacial score (nSPS) is 18.6. The molecule has 1 amide bonds. The van der Waals surface area contributed by atoms with Crippen LogP contribution in [0.15, 0.2) is 30.3 Å². The summed E-state index contributed by atoms with van der Waals surface area (Å²) in [6, 6.07) is 10.2. The number of aromatic nitrogens is 2. The molecule has 30 heavy (non-hydrogen) atoms. The zero-order valence-corrected chi connectivity index (χ0v) is 17.6. The van der Waals surface area contributed by atoms with Crippen molar-refractivity contribution >= 4 is 12.4 Å². The van der Waals surface area contributed by atoms with E-state index in [0.717, 1.165) is 37.2 Å². The maximum atomic E-state index is 13.1. The molecule has 8 heteroatoms. The molecule has 2 aliphatic rings. The molecule has 4 rings (SSSR count). The predicted molar refractivity (Wildman–Crippen MR) is 113 cm³/mol. The van der Waals surface area contributed by atoms with Gasteiger partial charge in [0.2, 0.25) is 0 Å². The van der Waals surface area contributed by atoms with Crippen molar-refractivity contribution in [3.8, 4) is 11.3 Å². The molecule has 162 valence electrons. The molecule has 1 aromatic carbocycles. The van der Waals surface area contributed by atoms with Gasteiger partial charge in [-0.2, -0.15) is 5.10 Å². The number of carboxylic acid groups (broad SMARTS) is 1. The Morgan fingerprint density at radius 1 is 1.07 bits per heavy atom. The fraction of sp³-hybridized carbons (Fsp3) is 0.500. The van der Waals surface area contributed by atoms with Gasteiger partial charge in [-0.3, -0.25) is 14.3 Å². The Morgan fingerprint density at radius 3 is 2.30 bits per heavy atom. The van der Waals surface area contributed by atoms with Crippen molar-refractivity contribution in [2.45, 2.75) is 31.3 Å². The molecule has 1 aromatic heterocycles. The highest BCUT2D eigenvalue weighted by Gasteiger charge is 2.41. The van der Waals surface area contributed by atoms with Gasteiger partial charge in [-0.15, -0.1) is 0 Å². The van der Waals surface area contributed by atoms with Gasteiger partial charge in [-0.25, -0.2) is 0 Å². The zero-order valence-electron chi connectivity index (χ0n) is 17.6. The third-order valence-corrected chi connectivity index (χ3v) is 6.07. The summed E-state index contributed by atoms with van der Waals surface area (Å²) in [4.78, 5) is 25.5. The van der Waals surface area contributed by atoms with Gasteiger partial charge in [0.1, 0.15) is 5.60 Å². The van der Waals surface area contributed by atoms with E-state index in [9.17, 15) is 9.90 Å². The van der Waals surface area contributed by atoms with E-state index in [1.165, 1.54) is 11.3 Å². The zero-order chi connectivity index (χ0) is 21.7. The molecule has 2 aromatic rings. The number of fused-ring (bicyclic) bond motifs is 1. The molecular weight excluding hydrogens is 384 g/mol. The summed E-state index contributed by atoms with van der Waals surface area (Å²) in [6.07, 6.45) is 2.58. The van der Waals surface area contributed by atoms with E-state index >= 15 is 0 Å². The van der Waals surface area contributed by atoms with Crippen LogP contribution in [0.4, 0.5) is 0 Å². The number of amides is 1. The van der Waals surface area contributed by atoms with Crippen LogP contribution in [0.3, 0.4) is 0 Å². The smallest absolute Gasteiger partial charge is 0.290 e. The van der Waals surface area contributed by atoms with Gasteiger partial charge >= 0.3 is 0 Å². The monoisotopic (exact) mass is 414 g/mol. The fourth-order valence-corrected chi connectivity index (χ4v) is 4.31. The average molecular weight is 415 g/mol. The number of aliphatic hydroxyl groups is 1. The number of piperidine rings is 1. The Hall–Kier alpha value is -2.71. The largest absolute Gasteiger partial charge is 0.483 e. The lowest BCUT2D eigenvalue weighted by atomic mass is 9.90. The number of hydrogen-bond acceptors (Lipinski definition) is 5. The second-order valence-corrected chi connectivity index (χ2v) is 8.00. The second-order valence-electron chi connectivity index (χ2n) is 8.00. The molecule has 2 N–H and O–H groups in total. The number of nitrogens with zero attached hydrogens (tertiary/aromatic N) is 4. The number of likely N-dealkylation sites (tertiary alicyclic amines) is 1. The van der Waals surface area contributed by atoms with Gasteiger partial charge < -0.3 is 20.0 Å². The SMILES string of the molecule is CN1CCC(O)(C(=O)N2CCc3c(-c4ccccc4)nn(C)c3CC2)CC1.O=CO. The lowest BCUT2D eigenvalue weighted by Crippen LogP contribution is -2.54.